The van der Waals surface area contributed by atoms with Crippen molar-refractivity contribution in [3.63, 3.8) is 0 Å². The highest BCUT2D eigenvalue weighted by molar-refractivity contribution is 5.90. The third kappa shape index (κ3) is 3.45. The summed E-state index contributed by atoms with van der Waals surface area (Å²) < 4.78 is 53.1. The van der Waals surface area contributed by atoms with E-state index in [9.17, 15) is 22.4 Å². The predicted molar refractivity (Wildman–Crippen MR) is 85.0 cm³/mol. The number of hydrogen-bond acceptors (Lipinski definition) is 1. The minimum absolute atomic E-state index is 0.384. The van der Waals surface area contributed by atoms with E-state index in [-0.39, 0.29) is 5.82 Å². The van der Waals surface area contributed by atoms with E-state index in [0.29, 0.717) is 12.8 Å². The largest absolute Gasteiger partial charge is 0.328 e. The van der Waals surface area contributed by atoms with Crippen molar-refractivity contribution in [3.05, 3.63) is 65.2 Å². The van der Waals surface area contributed by atoms with Crippen LogP contribution < -0.4 is 10.6 Å². The molecule has 7 heteroatoms. The van der Waals surface area contributed by atoms with Gasteiger partial charge in [0.1, 0.15) is 5.82 Å². The van der Waals surface area contributed by atoms with Crippen molar-refractivity contribution in [3.8, 4) is 0 Å². The lowest BCUT2D eigenvalue weighted by atomic mass is 9.88. The second-order valence-electron chi connectivity index (χ2n) is 6.10. The predicted octanol–water partition coefficient (Wildman–Crippen LogP) is 4.83. The molecule has 0 heterocycles. The molecule has 132 valence electrons. The summed E-state index contributed by atoms with van der Waals surface area (Å²) in [5.41, 5.74) is -0.414. The van der Waals surface area contributed by atoms with Gasteiger partial charge in [0.2, 0.25) is 0 Å². The van der Waals surface area contributed by atoms with Crippen LogP contribution in [0.15, 0.2) is 36.4 Å². The van der Waals surface area contributed by atoms with Crippen molar-refractivity contribution in [1.29, 1.82) is 0 Å². The van der Waals surface area contributed by atoms with Crippen LogP contribution in [-0.2, 0) is 5.54 Å². The lowest BCUT2D eigenvalue weighted by molar-refractivity contribution is 0.236. The van der Waals surface area contributed by atoms with Gasteiger partial charge in [-0.1, -0.05) is 25.0 Å². The van der Waals surface area contributed by atoms with E-state index in [1.54, 1.807) is 12.1 Å². The van der Waals surface area contributed by atoms with Crippen molar-refractivity contribution in [2.45, 2.75) is 31.2 Å². The second kappa shape index (κ2) is 6.74. The first-order valence-corrected chi connectivity index (χ1v) is 7.90. The molecular weight excluding hydrogens is 336 g/mol. The molecule has 0 aliphatic heterocycles. The number of carbonyl (C=O) groups is 1. The van der Waals surface area contributed by atoms with Crippen LogP contribution in [0.5, 0.6) is 0 Å². The van der Waals surface area contributed by atoms with E-state index < -0.39 is 34.7 Å². The molecule has 2 aromatic rings. The number of rotatable bonds is 3. The molecule has 2 amide bonds. The van der Waals surface area contributed by atoms with E-state index in [1.165, 1.54) is 12.1 Å². The molecule has 0 radical (unpaired) electrons. The topological polar surface area (TPSA) is 41.1 Å². The Bertz CT molecular complexity index is 786. The molecule has 25 heavy (non-hydrogen) atoms. The zero-order valence-corrected chi connectivity index (χ0v) is 13.2. The molecular formula is C18H16F4N2O. The van der Waals surface area contributed by atoms with Crippen molar-refractivity contribution < 1.29 is 22.4 Å². The minimum atomic E-state index is -1.65. The van der Waals surface area contributed by atoms with Gasteiger partial charge in [-0.25, -0.2) is 22.4 Å². The van der Waals surface area contributed by atoms with E-state index in [4.69, 9.17) is 0 Å². The molecule has 1 fully saturated rings. The molecule has 0 saturated heterocycles. The lowest BCUT2D eigenvalue weighted by Crippen LogP contribution is -2.46. The first-order chi connectivity index (χ1) is 11.9. The first kappa shape index (κ1) is 17.3. The van der Waals surface area contributed by atoms with Gasteiger partial charge in [0, 0.05) is 0 Å². The van der Waals surface area contributed by atoms with E-state index in [2.05, 4.69) is 10.6 Å². The maximum atomic E-state index is 13.7. The van der Waals surface area contributed by atoms with Crippen LogP contribution in [0.4, 0.5) is 28.0 Å². The number of benzene rings is 2. The van der Waals surface area contributed by atoms with Crippen LogP contribution in [-0.4, -0.2) is 6.03 Å². The molecule has 0 bridgehead atoms. The van der Waals surface area contributed by atoms with Gasteiger partial charge in [-0.15, -0.1) is 0 Å². The number of hydrogen-bond donors (Lipinski definition) is 2. The summed E-state index contributed by atoms with van der Waals surface area (Å²) in [7, 11) is 0. The Morgan fingerprint density at radius 3 is 2.16 bits per heavy atom. The van der Waals surface area contributed by atoms with Crippen LogP contribution in [0.25, 0.3) is 0 Å². The van der Waals surface area contributed by atoms with Gasteiger partial charge < -0.3 is 10.6 Å². The van der Waals surface area contributed by atoms with E-state index in [0.717, 1.165) is 30.5 Å². The number of amides is 2. The molecule has 0 aromatic heterocycles. The number of halogens is 4. The SMILES string of the molecule is O=C(Nc1ccc(F)c(F)c1F)NC1(c2ccc(F)cc2)CCCC1. The monoisotopic (exact) mass is 352 g/mol. The molecule has 0 spiro atoms. The van der Waals surface area contributed by atoms with Crippen LogP contribution in [0.3, 0.4) is 0 Å². The third-order valence-electron chi connectivity index (χ3n) is 4.49. The Labute approximate surface area is 142 Å². The smallest absolute Gasteiger partial charge is 0.320 e. The van der Waals surface area contributed by atoms with E-state index >= 15 is 0 Å². The number of nitrogens with one attached hydrogen (secondary N) is 2. The molecule has 3 rings (SSSR count). The normalized spacial score (nSPS) is 15.8. The van der Waals surface area contributed by atoms with Crippen LogP contribution in [0.1, 0.15) is 31.2 Å². The zero-order valence-electron chi connectivity index (χ0n) is 13.2. The highest BCUT2D eigenvalue weighted by atomic mass is 19.2. The fraction of sp³-hybridized carbons (Fsp3) is 0.278. The van der Waals surface area contributed by atoms with Crippen molar-refractivity contribution in [2.75, 3.05) is 5.32 Å². The fourth-order valence-corrected chi connectivity index (χ4v) is 3.23. The maximum Gasteiger partial charge on any atom is 0.320 e. The summed E-state index contributed by atoms with van der Waals surface area (Å²) in [4.78, 5) is 12.3. The summed E-state index contributed by atoms with van der Waals surface area (Å²) in [5.74, 6) is -4.82. The van der Waals surface area contributed by atoms with Gasteiger partial charge in [-0.2, -0.15) is 0 Å². The van der Waals surface area contributed by atoms with Crippen LogP contribution in [0.2, 0.25) is 0 Å². The molecule has 0 atom stereocenters. The Kier molecular flexibility index (Phi) is 4.65. The maximum absolute atomic E-state index is 13.7. The van der Waals surface area contributed by atoms with Crippen LogP contribution >= 0.6 is 0 Å². The number of anilines is 1. The van der Waals surface area contributed by atoms with E-state index in [1.807, 2.05) is 0 Å². The van der Waals surface area contributed by atoms with Crippen molar-refractivity contribution >= 4 is 11.7 Å². The number of urea groups is 1. The summed E-state index contributed by atoms with van der Waals surface area (Å²) in [6, 6.07) is 6.76. The summed E-state index contributed by atoms with van der Waals surface area (Å²) in [5, 5.41) is 4.99. The lowest BCUT2D eigenvalue weighted by Gasteiger charge is -2.31. The highest BCUT2D eigenvalue weighted by Gasteiger charge is 2.37. The molecule has 1 saturated carbocycles. The van der Waals surface area contributed by atoms with Crippen molar-refractivity contribution in [2.24, 2.45) is 0 Å². The summed E-state index contributed by atoms with van der Waals surface area (Å²) >= 11 is 0. The molecule has 2 N–H and O–H groups in total. The van der Waals surface area contributed by atoms with Crippen molar-refractivity contribution in [1.82, 2.24) is 5.32 Å². The Morgan fingerprint density at radius 1 is 0.880 bits per heavy atom. The average Bonchev–Trinajstić information content (AvgIpc) is 3.05. The van der Waals surface area contributed by atoms with Gasteiger partial charge in [-0.3, -0.25) is 0 Å². The fourth-order valence-electron chi connectivity index (χ4n) is 3.23. The van der Waals surface area contributed by atoms with Gasteiger partial charge in [0.25, 0.3) is 0 Å². The minimum Gasteiger partial charge on any atom is -0.328 e. The van der Waals surface area contributed by atoms with Crippen LogP contribution in [0, 0.1) is 23.3 Å². The summed E-state index contributed by atoms with van der Waals surface area (Å²) in [6.07, 6.45) is 3.03. The number of carbonyl (C=O) groups excluding carboxylic acids is 1. The molecule has 1 aliphatic carbocycles. The molecule has 3 nitrogen and oxygen atoms in total. The Balaban J connectivity index is 1.80. The van der Waals surface area contributed by atoms with Gasteiger partial charge in [0.15, 0.2) is 17.5 Å². The molecule has 1 aliphatic rings. The zero-order chi connectivity index (χ0) is 18.0. The van der Waals surface area contributed by atoms with Gasteiger partial charge >= 0.3 is 6.03 Å². The van der Waals surface area contributed by atoms with Gasteiger partial charge in [0.05, 0.1) is 11.2 Å². The quantitative estimate of drug-likeness (QED) is 0.603. The highest BCUT2D eigenvalue weighted by Crippen LogP contribution is 2.39. The third-order valence-corrected chi connectivity index (χ3v) is 4.49. The second-order valence-corrected chi connectivity index (χ2v) is 6.10. The van der Waals surface area contributed by atoms with Gasteiger partial charge in [-0.05, 0) is 42.7 Å². The molecule has 2 aromatic carbocycles. The summed E-state index contributed by atoms with van der Waals surface area (Å²) in [6.45, 7) is 0. The first-order valence-electron chi connectivity index (χ1n) is 7.90. The standard InChI is InChI=1S/C18H16F4N2O/c19-12-5-3-11(4-6-12)18(9-1-2-10-18)24-17(25)23-14-8-7-13(20)15(21)16(14)22/h3-8H,1-2,9-10H2,(H2,23,24,25). The Morgan fingerprint density at radius 2 is 1.52 bits per heavy atom. The Hall–Kier alpha value is -2.57. The average molecular weight is 352 g/mol. The molecule has 0 unspecified atom stereocenters.